The lowest BCUT2D eigenvalue weighted by Crippen LogP contribution is -2.50. The van der Waals surface area contributed by atoms with Gasteiger partial charge in [-0.3, -0.25) is 0 Å². The minimum atomic E-state index is -0.931. The fraction of sp³-hybridized carbons (Fsp3) is 0.500. The third-order valence-corrected chi connectivity index (χ3v) is 3.03. The summed E-state index contributed by atoms with van der Waals surface area (Å²) in [6.07, 6.45) is 0. The lowest BCUT2D eigenvalue weighted by Gasteiger charge is -2.36. The smallest absolute Gasteiger partial charge is 0.200 e. The zero-order valence-electron chi connectivity index (χ0n) is 9.96. The fourth-order valence-corrected chi connectivity index (χ4v) is 2.09. The molecule has 0 spiro atoms. The summed E-state index contributed by atoms with van der Waals surface area (Å²) in [5.41, 5.74) is 0.662. The van der Waals surface area contributed by atoms with Crippen molar-refractivity contribution in [2.24, 2.45) is 0 Å². The van der Waals surface area contributed by atoms with Crippen molar-refractivity contribution in [1.82, 2.24) is 5.32 Å². The first-order valence-corrected chi connectivity index (χ1v) is 5.64. The van der Waals surface area contributed by atoms with Gasteiger partial charge in [-0.15, -0.1) is 0 Å². The highest BCUT2D eigenvalue weighted by molar-refractivity contribution is 5.53. The summed E-state index contributed by atoms with van der Waals surface area (Å²) in [6.45, 7) is 4.49. The van der Waals surface area contributed by atoms with Gasteiger partial charge in [-0.25, -0.2) is 4.39 Å². The van der Waals surface area contributed by atoms with E-state index >= 15 is 0 Å². The Labute approximate surface area is 99.4 Å². The van der Waals surface area contributed by atoms with E-state index in [0.717, 1.165) is 19.6 Å². The number of ether oxygens (including phenoxy) is 1. The molecular weight excluding hydrogens is 226 g/mol. The maximum atomic E-state index is 13.4. The number of methoxy groups -OCH3 is 1. The molecule has 1 aliphatic rings. The van der Waals surface area contributed by atoms with Crippen molar-refractivity contribution in [2.45, 2.75) is 13.0 Å². The van der Waals surface area contributed by atoms with Crippen molar-refractivity contribution in [3.05, 3.63) is 23.8 Å². The summed E-state index contributed by atoms with van der Waals surface area (Å²) in [7, 11) is 1.34. The van der Waals surface area contributed by atoms with Crippen LogP contribution in [0.1, 0.15) is 6.92 Å². The summed E-state index contributed by atoms with van der Waals surface area (Å²) in [5.74, 6) is -1.85. The van der Waals surface area contributed by atoms with Crippen LogP contribution < -0.4 is 15.0 Å². The van der Waals surface area contributed by atoms with Crippen LogP contribution in [0.4, 0.5) is 14.5 Å². The molecule has 1 aromatic carbocycles. The van der Waals surface area contributed by atoms with E-state index in [4.69, 9.17) is 4.74 Å². The van der Waals surface area contributed by atoms with Gasteiger partial charge < -0.3 is 15.0 Å². The highest BCUT2D eigenvalue weighted by Crippen LogP contribution is 2.28. The quantitative estimate of drug-likeness (QED) is 0.855. The van der Waals surface area contributed by atoms with E-state index in [1.807, 2.05) is 11.8 Å². The molecule has 0 amide bonds. The highest BCUT2D eigenvalue weighted by Gasteiger charge is 2.21. The van der Waals surface area contributed by atoms with Crippen LogP contribution >= 0.6 is 0 Å². The zero-order valence-corrected chi connectivity index (χ0v) is 9.96. The molecular formula is C12H16F2N2O. The average molecular weight is 242 g/mol. The van der Waals surface area contributed by atoms with E-state index in [9.17, 15) is 8.78 Å². The number of hydrogen-bond donors (Lipinski definition) is 1. The molecule has 0 aromatic heterocycles. The Bertz CT molecular complexity index is 412. The molecule has 1 fully saturated rings. The summed E-state index contributed by atoms with van der Waals surface area (Å²) in [4.78, 5) is 2.04. The predicted molar refractivity (Wildman–Crippen MR) is 62.6 cm³/mol. The van der Waals surface area contributed by atoms with E-state index in [-0.39, 0.29) is 11.8 Å². The number of piperazine rings is 1. The van der Waals surface area contributed by atoms with Gasteiger partial charge >= 0.3 is 0 Å². The van der Waals surface area contributed by atoms with Crippen molar-refractivity contribution >= 4 is 5.69 Å². The number of halogens is 2. The molecule has 1 N–H and O–H groups in total. The van der Waals surface area contributed by atoms with Gasteiger partial charge in [-0.2, -0.15) is 4.39 Å². The van der Waals surface area contributed by atoms with Crippen LogP contribution in [0.2, 0.25) is 0 Å². The Morgan fingerprint density at radius 3 is 2.82 bits per heavy atom. The van der Waals surface area contributed by atoms with E-state index in [1.165, 1.54) is 13.2 Å². The molecule has 1 aliphatic heterocycles. The summed E-state index contributed by atoms with van der Waals surface area (Å²) in [6, 6.07) is 3.01. The van der Waals surface area contributed by atoms with Gasteiger partial charge in [0.25, 0.3) is 0 Å². The molecule has 1 aromatic rings. The number of rotatable bonds is 2. The standard InChI is InChI=1S/C12H16F2N2O/c1-8-7-15-3-4-16(8)9-5-10(13)12(14)11(6-9)17-2/h5-6,8,15H,3-4,7H2,1-2H3. The van der Waals surface area contributed by atoms with E-state index in [1.54, 1.807) is 6.07 Å². The fourth-order valence-electron chi connectivity index (χ4n) is 2.09. The van der Waals surface area contributed by atoms with Crippen LogP contribution in [0.3, 0.4) is 0 Å². The van der Waals surface area contributed by atoms with Crippen LogP contribution in [-0.2, 0) is 0 Å². The highest BCUT2D eigenvalue weighted by atomic mass is 19.2. The molecule has 1 atom stereocenters. The maximum Gasteiger partial charge on any atom is 0.200 e. The Balaban J connectivity index is 2.34. The molecule has 1 unspecified atom stereocenters. The van der Waals surface area contributed by atoms with E-state index < -0.39 is 11.6 Å². The maximum absolute atomic E-state index is 13.4. The molecule has 17 heavy (non-hydrogen) atoms. The zero-order chi connectivity index (χ0) is 12.4. The third-order valence-electron chi connectivity index (χ3n) is 3.03. The first-order chi connectivity index (χ1) is 8.13. The molecule has 2 rings (SSSR count). The summed E-state index contributed by atoms with van der Waals surface area (Å²) >= 11 is 0. The third kappa shape index (κ3) is 2.34. The van der Waals surface area contributed by atoms with Gasteiger partial charge in [-0.05, 0) is 6.92 Å². The molecule has 5 heteroatoms. The van der Waals surface area contributed by atoms with Crippen LogP contribution in [0.5, 0.6) is 5.75 Å². The van der Waals surface area contributed by atoms with Gasteiger partial charge in [0.15, 0.2) is 11.6 Å². The minimum Gasteiger partial charge on any atom is -0.493 e. The molecule has 0 radical (unpaired) electrons. The van der Waals surface area contributed by atoms with Gasteiger partial charge in [0.2, 0.25) is 5.82 Å². The van der Waals surface area contributed by atoms with Gasteiger partial charge in [0.1, 0.15) is 0 Å². The van der Waals surface area contributed by atoms with Crippen molar-refractivity contribution < 1.29 is 13.5 Å². The summed E-state index contributed by atoms with van der Waals surface area (Å²) < 4.78 is 31.6. The molecule has 0 aliphatic carbocycles. The molecule has 3 nitrogen and oxygen atoms in total. The molecule has 1 saturated heterocycles. The van der Waals surface area contributed by atoms with Gasteiger partial charge in [0, 0.05) is 43.5 Å². The molecule has 1 heterocycles. The van der Waals surface area contributed by atoms with Crippen LogP contribution in [-0.4, -0.2) is 32.8 Å². The van der Waals surface area contributed by atoms with Crippen molar-refractivity contribution in [3.8, 4) is 5.75 Å². The van der Waals surface area contributed by atoms with E-state index in [2.05, 4.69) is 5.32 Å². The number of hydrogen-bond acceptors (Lipinski definition) is 3. The lowest BCUT2D eigenvalue weighted by molar-refractivity contribution is 0.371. The average Bonchev–Trinajstić information content (AvgIpc) is 2.33. The second-order valence-corrected chi connectivity index (χ2v) is 4.19. The van der Waals surface area contributed by atoms with Crippen molar-refractivity contribution in [3.63, 3.8) is 0 Å². The number of benzene rings is 1. The Morgan fingerprint density at radius 1 is 1.41 bits per heavy atom. The van der Waals surface area contributed by atoms with Gasteiger partial charge in [0.05, 0.1) is 7.11 Å². The Hall–Kier alpha value is -1.36. The first kappa shape index (κ1) is 12.1. The SMILES string of the molecule is COc1cc(N2CCNCC2C)cc(F)c1F. The second kappa shape index (κ2) is 4.87. The van der Waals surface area contributed by atoms with Crippen molar-refractivity contribution in [2.75, 3.05) is 31.6 Å². The van der Waals surface area contributed by atoms with Crippen LogP contribution in [0.15, 0.2) is 12.1 Å². The Morgan fingerprint density at radius 2 is 2.18 bits per heavy atom. The van der Waals surface area contributed by atoms with Crippen LogP contribution in [0, 0.1) is 11.6 Å². The largest absolute Gasteiger partial charge is 0.493 e. The van der Waals surface area contributed by atoms with Crippen LogP contribution in [0.25, 0.3) is 0 Å². The topological polar surface area (TPSA) is 24.5 Å². The molecule has 0 bridgehead atoms. The monoisotopic (exact) mass is 242 g/mol. The lowest BCUT2D eigenvalue weighted by atomic mass is 10.1. The first-order valence-electron chi connectivity index (χ1n) is 5.64. The summed E-state index contributed by atoms with van der Waals surface area (Å²) in [5, 5.41) is 3.25. The number of anilines is 1. The minimum absolute atomic E-state index is 0.0502. The van der Waals surface area contributed by atoms with Crippen molar-refractivity contribution in [1.29, 1.82) is 0 Å². The number of nitrogens with one attached hydrogen (secondary N) is 1. The number of nitrogens with zero attached hydrogens (tertiary/aromatic N) is 1. The molecule has 94 valence electrons. The Kier molecular flexibility index (Phi) is 3.47. The van der Waals surface area contributed by atoms with Gasteiger partial charge in [-0.1, -0.05) is 0 Å². The molecule has 0 saturated carbocycles. The van der Waals surface area contributed by atoms with E-state index in [0.29, 0.717) is 5.69 Å². The predicted octanol–water partition coefficient (Wildman–Crippen LogP) is 1.77. The second-order valence-electron chi connectivity index (χ2n) is 4.19. The normalized spacial score (nSPS) is 20.5.